The van der Waals surface area contributed by atoms with Crippen molar-refractivity contribution in [2.45, 2.75) is 38.8 Å². The third kappa shape index (κ3) is 3.77. The molecular formula is C12H18N4O4. The van der Waals surface area contributed by atoms with Crippen LogP contribution in [-0.2, 0) is 16.1 Å². The monoisotopic (exact) mass is 282 g/mol. The van der Waals surface area contributed by atoms with Gasteiger partial charge in [-0.2, -0.15) is 5.10 Å². The van der Waals surface area contributed by atoms with Gasteiger partial charge in [-0.25, -0.2) is 0 Å². The van der Waals surface area contributed by atoms with Gasteiger partial charge in [0.05, 0.1) is 11.0 Å². The maximum Gasteiger partial charge on any atom is 0.309 e. The number of carbonyl (C=O) groups excluding carboxylic acids is 1. The van der Waals surface area contributed by atoms with Gasteiger partial charge < -0.3 is 10.1 Å². The summed E-state index contributed by atoms with van der Waals surface area (Å²) >= 11 is 0. The van der Waals surface area contributed by atoms with E-state index >= 15 is 0 Å². The van der Waals surface area contributed by atoms with Gasteiger partial charge in [0.25, 0.3) is 0 Å². The topological polar surface area (TPSA) is 99.3 Å². The molecule has 8 nitrogen and oxygen atoms in total. The summed E-state index contributed by atoms with van der Waals surface area (Å²) in [7, 11) is 0. The molecule has 2 heterocycles. The molecule has 1 aromatic heterocycles. The van der Waals surface area contributed by atoms with Gasteiger partial charge >= 0.3 is 5.69 Å². The summed E-state index contributed by atoms with van der Waals surface area (Å²) < 4.78 is 6.83. The average Bonchev–Trinajstić information content (AvgIpc) is 3.03. The molecule has 110 valence electrons. The minimum Gasteiger partial charge on any atom is -0.376 e. The normalized spacial score (nSPS) is 18.1. The molecule has 1 fully saturated rings. The lowest BCUT2D eigenvalue weighted by Gasteiger charge is -2.10. The highest BCUT2D eigenvalue weighted by Gasteiger charge is 2.17. The first-order chi connectivity index (χ1) is 9.56. The van der Waals surface area contributed by atoms with Gasteiger partial charge in [-0.15, -0.1) is 0 Å². The third-order valence-electron chi connectivity index (χ3n) is 3.24. The van der Waals surface area contributed by atoms with Crippen molar-refractivity contribution in [3.05, 3.63) is 22.0 Å². The zero-order valence-corrected chi connectivity index (χ0v) is 11.4. The number of nitro groups is 1. The largest absolute Gasteiger partial charge is 0.376 e. The molecule has 1 aromatic rings. The molecule has 1 unspecified atom stereocenters. The van der Waals surface area contributed by atoms with Crippen LogP contribution in [0, 0.1) is 17.0 Å². The Morgan fingerprint density at radius 2 is 2.50 bits per heavy atom. The van der Waals surface area contributed by atoms with Crippen molar-refractivity contribution in [3.8, 4) is 0 Å². The number of aryl methyl sites for hydroxylation is 2. The van der Waals surface area contributed by atoms with Crippen LogP contribution in [0.4, 0.5) is 5.69 Å². The summed E-state index contributed by atoms with van der Waals surface area (Å²) in [5.41, 5.74) is 0.333. The van der Waals surface area contributed by atoms with E-state index in [9.17, 15) is 14.9 Å². The number of ether oxygens (including phenoxy) is 1. The molecule has 8 heteroatoms. The first-order valence-electron chi connectivity index (χ1n) is 6.63. The maximum absolute atomic E-state index is 11.7. The van der Waals surface area contributed by atoms with E-state index in [0.717, 1.165) is 19.4 Å². The molecule has 1 aliphatic rings. The zero-order valence-electron chi connectivity index (χ0n) is 11.4. The number of nitrogens with zero attached hydrogens (tertiary/aromatic N) is 3. The number of nitrogens with one attached hydrogen (secondary N) is 1. The number of hydrogen-bond acceptors (Lipinski definition) is 5. The van der Waals surface area contributed by atoms with Crippen molar-refractivity contribution >= 4 is 11.6 Å². The number of hydrogen-bond donors (Lipinski definition) is 1. The second kappa shape index (κ2) is 6.47. The SMILES string of the molecule is Cc1nn(CCC(=O)NCC2CCCO2)cc1[N+](=O)[O-]. The molecule has 1 N–H and O–H groups in total. The van der Waals surface area contributed by atoms with E-state index in [1.165, 1.54) is 10.9 Å². The Kier molecular flexibility index (Phi) is 4.67. The summed E-state index contributed by atoms with van der Waals surface area (Å²) in [5, 5.41) is 17.5. The lowest BCUT2D eigenvalue weighted by Crippen LogP contribution is -2.32. The Bertz CT molecular complexity index is 494. The van der Waals surface area contributed by atoms with Gasteiger partial charge in [-0.3, -0.25) is 19.6 Å². The first kappa shape index (κ1) is 14.4. The van der Waals surface area contributed by atoms with E-state index in [1.54, 1.807) is 6.92 Å². The molecule has 0 saturated carbocycles. The first-order valence-corrected chi connectivity index (χ1v) is 6.63. The quantitative estimate of drug-likeness (QED) is 0.614. The predicted octanol–water partition coefficient (Wildman–Crippen LogP) is 0.785. The van der Waals surface area contributed by atoms with Gasteiger partial charge in [-0.05, 0) is 19.8 Å². The predicted molar refractivity (Wildman–Crippen MR) is 70.2 cm³/mol. The van der Waals surface area contributed by atoms with Crippen LogP contribution in [0.2, 0.25) is 0 Å². The van der Waals surface area contributed by atoms with Gasteiger partial charge in [0.1, 0.15) is 11.9 Å². The van der Waals surface area contributed by atoms with Gasteiger partial charge in [0, 0.05) is 26.1 Å². The molecule has 1 atom stereocenters. The number of rotatable bonds is 6. The van der Waals surface area contributed by atoms with Crippen LogP contribution >= 0.6 is 0 Å². The van der Waals surface area contributed by atoms with E-state index in [2.05, 4.69) is 10.4 Å². The van der Waals surface area contributed by atoms with Crippen LogP contribution in [0.1, 0.15) is 25.0 Å². The van der Waals surface area contributed by atoms with Gasteiger partial charge in [-0.1, -0.05) is 0 Å². The van der Waals surface area contributed by atoms with E-state index in [-0.39, 0.29) is 24.1 Å². The highest BCUT2D eigenvalue weighted by Crippen LogP contribution is 2.15. The van der Waals surface area contributed by atoms with Gasteiger partial charge in [0.15, 0.2) is 0 Å². The Morgan fingerprint density at radius 1 is 1.70 bits per heavy atom. The molecule has 2 rings (SSSR count). The van der Waals surface area contributed by atoms with E-state index in [4.69, 9.17) is 4.74 Å². The molecular weight excluding hydrogens is 264 g/mol. The van der Waals surface area contributed by atoms with E-state index in [1.807, 2.05) is 0 Å². The highest BCUT2D eigenvalue weighted by atomic mass is 16.6. The Morgan fingerprint density at radius 3 is 3.10 bits per heavy atom. The van der Waals surface area contributed by atoms with Crippen LogP contribution < -0.4 is 5.32 Å². The van der Waals surface area contributed by atoms with Crippen LogP contribution in [0.25, 0.3) is 0 Å². The van der Waals surface area contributed by atoms with Gasteiger partial charge in [0.2, 0.25) is 5.91 Å². The summed E-state index contributed by atoms with van der Waals surface area (Å²) in [6, 6.07) is 0. The summed E-state index contributed by atoms with van der Waals surface area (Å²) in [6.07, 6.45) is 3.72. The maximum atomic E-state index is 11.7. The van der Waals surface area contributed by atoms with Crippen molar-refractivity contribution in [1.29, 1.82) is 0 Å². The van der Waals surface area contributed by atoms with Crippen LogP contribution in [-0.4, -0.2) is 39.9 Å². The second-order valence-electron chi connectivity index (χ2n) is 4.81. The van der Waals surface area contributed by atoms with E-state index in [0.29, 0.717) is 18.8 Å². The van der Waals surface area contributed by atoms with Crippen LogP contribution in [0.15, 0.2) is 6.20 Å². The molecule has 0 aromatic carbocycles. The van der Waals surface area contributed by atoms with Crippen molar-refractivity contribution in [1.82, 2.24) is 15.1 Å². The Balaban J connectivity index is 1.75. The van der Waals surface area contributed by atoms with Crippen molar-refractivity contribution in [2.75, 3.05) is 13.2 Å². The molecule has 0 bridgehead atoms. The molecule has 0 spiro atoms. The smallest absolute Gasteiger partial charge is 0.309 e. The van der Waals surface area contributed by atoms with Crippen LogP contribution in [0.3, 0.4) is 0 Å². The zero-order chi connectivity index (χ0) is 14.5. The van der Waals surface area contributed by atoms with E-state index < -0.39 is 4.92 Å². The molecule has 20 heavy (non-hydrogen) atoms. The van der Waals surface area contributed by atoms with Crippen molar-refractivity contribution in [3.63, 3.8) is 0 Å². The fraction of sp³-hybridized carbons (Fsp3) is 0.667. The standard InChI is InChI=1S/C12H18N4O4/c1-9-11(16(18)19)8-15(14-9)5-4-12(17)13-7-10-3-2-6-20-10/h8,10H,2-7H2,1H3,(H,13,17). The summed E-state index contributed by atoms with van der Waals surface area (Å²) in [5.74, 6) is -0.101. The Hall–Kier alpha value is -1.96. The van der Waals surface area contributed by atoms with Crippen molar-refractivity contribution < 1.29 is 14.5 Å². The summed E-state index contributed by atoms with van der Waals surface area (Å²) in [6.45, 7) is 3.19. The minimum atomic E-state index is -0.476. The number of amides is 1. The number of aromatic nitrogens is 2. The summed E-state index contributed by atoms with van der Waals surface area (Å²) in [4.78, 5) is 21.9. The molecule has 1 amide bonds. The van der Waals surface area contributed by atoms with Crippen molar-refractivity contribution in [2.24, 2.45) is 0 Å². The van der Waals surface area contributed by atoms with Crippen LogP contribution in [0.5, 0.6) is 0 Å². The lowest BCUT2D eigenvalue weighted by molar-refractivity contribution is -0.385. The molecule has 0 aliphatic carbocycles. The fourth-order valence-corrected chi connectivity index (χ4v) is 2.14. The fourth-order valence-electron chi connectivity index (χ4n) is 2.14. The molecule has 1 aliphatic heterocycles. The highest BCUT2D eigenvalue weighted by molar-refractivity contribution is 5.75. The lowest BCUT2D eigenvalue weighted by atomic mass is 10.2. The second-order valence-corrected chi connectivity index (χ2v) is 4.81. The number of carbonyl (C=O) groups is 1. The Labute approximate surface area is 116 Å². The third-order valence-corrected chi connectivity index (χ3v) is 3.24. The minimum absolute atomic E-state index is 0.0234. The molecule has 0 radical (unpaired) electrons. The average molecular weight is 282 g/mol. The molecule has 1 saturated heterocycles.